The third kappa shape index (κ3) is 4.67. The van der Waals surface area contributed by atoms with E-state index in [1.807, 2.05) is 30.3 Å². The molecular weight excluding hydrogens is 364 g/mol. The smallest absolute Gasteiger partial charge is 0.409 e. The van der Waals surface area contributed by atoms with Gasteiger partial charge in [0.15, 0.2) is 6.61 Å². The summed E-state index contributed by atoms with van der Waals surface area (Å²) >= 11 is 0. The predicted octanol–water partition coefficient (Wildman–Crippen LogP) is 1.53. The molecule has 0 aliphatic carbocycles. The molecule has 1 aromatic heterocycles. The summed E-state index contributed by atoms with van der Waals surface area (Å²) in [6, 6.07) is 11.0. The van der Waals surface area contributed by atoms with Crippen molar-refractivity contribution in [2.45, 2.75) is 6.92 Å². The molecule has 9 heteroatoms. The van der Waals surface area contributed by atoms with Gasteiger partial charge in [-0.05, 0) is 13.0 Å². The number of carbonyl (C=O) groups is 3. The molecule has 1 saturated heterocycles. The molecule has 2 heterocycles. The van der Waals surface area contributed by atoms with Gasteiger partial charge in [0.25, 0.3) is 5.91 Å². The van der Waals surface area contributed by atoms with Crippen LogP contribution in [0.2, 0.25) is 0 Å². The first-order valence-corrected chi connectivity index (χ1v) is 9.06. The van der Waals surface area contributed by atoms with Crippen molar-refractivity contribution in [1.29, 1.82) is 0 Å². The van der Waals surface area contributed by atoms with Crippen molar-refractivity contribution in [1.82, 2.24) is 20.0 Å². The van der Waals surface area contributed by atoms with Gasteiger partial charge < -0.3 is 19.3 Å². The van der Waals surface area contributed by atoms with Gasteiger partial charge >= 0.3 is 12.1 Å². The van der Waals surface area contributed by atoms with E-state index >= 15 is 0 Å². The molecule has 0 spiro atoms. The zero-order valence-electron chi connectivity index (χ0n) is 15.6. The molecule has 0 atom stereocenters. The number of nitrogens with zero attached hydrogens (tertiary/aromatic N) is 3. The summed E-state index contributed by atoms with van der Waals surface area (Å²) in [4.78, 5) is 39.2. The van der Waals surface area contributed by atoms with Crippen molar-refractivity contribution in [3.63, 3.8) is 0 Å². The van der Waals surface area contributed by atoms with Gasteiger partial charge in [-0.3, -0.25) is 9.89 Å². The van der Waals surface area contributed by atoms with Crippen LogP contribution in [0.4, 0.5) is 4.79 Å². The Hall–Kier alpha value is -3.36. The Kier molecular flexibility index (Phi) is 6.25. The molecule has 28 heavy (non-hydrogen) atoms. The van der Waals surface area contributed by atoms with E-state index in [4.69, 9.17) is 9.47 Å². The van der Waals surface area contributed by atoms with Crippen LogP contribution in [0.25, 0.3) is 11.3 Å². The van der Waals surface area contributed by atoms with Gasteiger partial charge in [0.2, 0.25) is 0 Å². The number of esters is 1. The fourth-order valence-electron chi connectivity index (χ4n) is 2.83. The van der Waals surface area contributed by atoms with Crippen LogP contribution in [-0.2, 0) is 14.3 Å². The number of hydrogen-bond acceptors (Lipinski definition) is 6. The highest BCUT2D eigenvalue weighted by atomic mass is 16.6. The number of rotatable bonds is 5. The molecule has 2 amide bonds. The number of aromatic nitrogens is 2. The Balaban J connectivity index is 1.47. The summed E-state index contributed by atoms with van der Waals surface area (Å²) < 4.78 is 10.0. The fraction of sp³-hybridized carbons (Fsp3) is 0.368. The number of carbonyl (C=O) groups excluding carboxylic acids is 3. The topological polar surface area (TPSA) is 105 Å². The van der Waals surface area contributed by atoms with Crippen molar-refractivity contribution in [2.24, 2.45) is 0 Å². The number of ether oxygens (including phenoxy) is 2. The van der Waals surface area contributed by atoms with Crippen LogP contribution >= 0.6 is 0 Å². The van der Waals surface area contributed by atoms with Crippen molar-refractivity contribution in [3.8, 4) is 11.3 Å². The van der Waals surface area contributed by atoms with Crippen LogP contribution in [0, 0.1) is 0 Å². The van der Waals surface area contributed by atoms with E-state index in [0.29, 0.717) is 38.5 Å². The molecule has 0 bridgehead atoms. The van der Waals surface area contributed by atoms with E-state index in [2.05, 4.69) is 10.2 Å². The van der Waals surface area contributed by atoms with Crippen LogP contribution in [0.3, 0.4) is 0 Å². The van der Waals surface area contributed by atoms with Gasteiger partial charge in [-0.1, -0.05) is 30.3 Å². The Morgan fingerprint density at radius 2 is 1.71 bits per heavy atom. The van der Waals surface area contributed by atoms with Crippen molar-refractivity contribution in [3.05, 3.63) is 42.1 Å². The lowest BCUT2D eigenvalue weighted by atomic mass is 10.1. The molecule has 0 radical (unpaired) electrons. The molecule has 1 N–H and O–H groups in total. The number of aromatic amines is 1. The molecule has 0 saturated carbocycles. The second-order valence-corrected chi connectivity index (χ2v) is 6.18. The lowest BCUT2D eigenvalue weighted by Crippen LogP contribution is -2.51. The highest BCUT2D eigenvalue weighted by molar-refractivity contribution is 5.90. The quantitative estimate of drug-likeness (QED) is 0.782. The third-order valence-corrected chi connectivity index (χ3v) is 4.35. The van der Waals surface area contributed by atoms with Crippen LogP contribution in [-0.4, -0.2) is 77.4 Å². The molecule has 1 aromatic carbocycles. The van der Waals surface area contributed by atoms with Crippen molar-refractivity contribution in [2.75, 3.05) is 39.4 Å². The maximum absolute atomic E-state index is 12.3. The zero-order valence-corrected chi connectivity index (χ0v) is 15.6. The summed E-state index contributed by atoms with van der Waals surface area (Å²) in [6.45, 7) is 3.22. The van der Waals surface area contributed by atoms with Crippen LogP contribution < -0.4 is 0 Å². The molecule has 3 rings (SSSR count). The molecule has 1 aliphatic rings. The molecule has 1 aliphatic heterocycles. The summed E-state index contributed by atoms with van der Waals surface area (Å²) in [5.41, 5.74) is 1.67. The van der Waals surface area contributed by atoms with Crippen LogP contribution in [0.1, 0.15) is 17.4 Å². The monoisotopic (exact) mass is 386 g/mol. The molecule has 148 valence electrons. The van der Waals surface area contributed by atoms with E-state index in [-0.39, 0.29) is 24.3 Å². The van der Waals surface area contributed by atoms with E-state index in [9.17, 15) is 14.4 Å². The lowest BCUT2D eigenvalue weighted by Gasteiger charge is -2.33. The summed E-state index contributed by atoms with van der Waals surface area (Å²) in [6.07, 6.45) is -0.380. The first-order valence-electron chi connectivity index (χ1n) is 9.06. The minimum Gasteiger partial charge on any atom is -0.451 e. The summed E-state index contributed by atoms with van der Waals surface area (Å²) in [5.74, 6) is -0.951. The molecule has 2 aromatic rings. The third-order valence-electron chi connectivity index (χ3n) is 4.35. The Labute approximate surface area is 162 Å². The predicted molar refractivity (Wildman–Crippen MR) is 99.5 cm³/mol. The molecule has 0 unspecified atom stereocenters. The van der Waals surface area contributed by atoms with E-state index < -0.39 is 5.97 Å². The number of amides is 2. The minimum absolute atomic E-state index is 0.179. The van der Waals surface area contributed by atoms with Gasteiger partial charge in [0.05, 0.1) is 12.3 Å². The maximum Gasteiger partial charge on any atom is 0.409 e. The van der Waals surface area contributed by atoms with Gasteiger partial charge in [-0.15, -0.1) is 0 Å². The van der Waals surface area contributed by atoms with Gasteiger partial charge in [0.1, 0.15) is 5.69 Å². The zero-order chi connectivity index (χ0) is 19.9. The molecule has 9 nitrogen and oxygen atoms in total. The van der Waals surface area contributed by atoms with E-state index in [1.54, 1.807) is 22.8 Å². The second-order valence-electron chi connectivity index (χ2n) is 6.18. The lowest BCUT2D eigenvalue weighted by molar-refractivity contribution is -0.136. The number of piperazine rings is 1. The van der Waals surface area contributed by atoms with Gasteiger partial charge in [-0.2, -0.15) is 5.10 Å². The Morgan fingerprint density at radius 1 is 1.04 bits per heavy atom. The first kappa shape index (κ1) is 19.4. The molecule has 1 fully saturated rings. The Bertz CT molecular complexity index is 828. The summed E-state index contributed by atoms with van der Waals surface area (Å²) in [5, 5.41) is 6.72. The SMILES string of the molecule is CCOC(=O)N1CCN(C(=O)COC(=O)c2cc(-c3ccccc3)n[nH]2)CC1. The molecular formula is C19H22N4O5. The average Bonchev–Trinajstić information content (AvgIpc) is 3.23. The van der Waals surface area contributed by atoms with Crippen LogP contribution in [0.15, 0.2) is 36.4 Å². The summed E-state index contributed by atoms with van der Waals surface area (Å²) in [7, 11) is 0. The second kappa shape index (κ2) is 9.03. The largest absolute Gasteiger partial charge is 0.451 e. The number of H-pyrrole nitrogens is 1. The number of hydrogen-bond donors (Lipinski definition) is 1. The average molecular weight is 386 g/mol. The number of nitrogens with one attached hydrogen (secondary N) is 1. The van der Waals surface area contributed by atoms with Crippen LogP contribution in [0.5, 0.6) is 0 Å². The number of benzene rings is 1. The minimum atomic E-state index is -0.645. The van der Waals surface area contributed by atoms with E-state index in [0.717, 1.165) is 5.56 Å². The van der Waals surface area contributed by atoms with Gasteiger partial charge in [0, 0.05) is 31.7 Å². The highest BCUT2D eigenvalue weighted by Gasteiger charge is 2.25. The van der Waals surface area contributed by atoms with Gasteiger partial charge in [-0.25, -0.2) is 9.59 Å². The normalized spacial score (nSPS) is 13.9. The Morgan fingerprint density at radius 3 is 2.39 bits per heavy atom. The van der Waals surface area contributed by atoms with Crippen molar-refractivity contribution >= 4 is 18.0 Å². The van der Waals surface area contributed by atoms with E-state index in [1.165, 1.54) is 0 Å². The maximum atomic E-state index is 12.3. The van der Waals surface area contributed by atoms with Crippen molar-refractivity contribution < 1.29 is 23.9 Å². The fourth-order valence-corrected chi connectivity index (χ4v) is 2.83. The standard InChI is InChI=1S/C19H22N4O5/c1-2-27-19(26)23-10-8-22(9-11-23)17(24)13-28-18(25)16-12-15(20-21-16)14-6-4-3-5-7-14/h3-7,12H,2,8-11,13H2,1H3,(H,20,21). The first-order chi connectivity index (χ1) is 13.6. The highest BCUT2D eigenvalue weighted by Crippen LogP contribution is 2.17.